The second kappa shape index (κ2) is 14.8. The third-order valence-electron chi connectivity index (χ3n) is 7.40. The maximum atomic E-state index is 14.6. The fourth-order valence-electron chi connectivity index (χ4n) is 5.04. The van der Waals surface area contributed by atoms with Crippen molar-refractivity contribution in [2.75, 3.05) is 18.0 Å². The normalized spacial score (nSPS) is 12.2. The van der Waals surface area contributed by atoms with E-state index in [-0.39, 0.29) is 34.5 Å². The summed E-state index contributed by atoms with van der Waals surface area (Å²) in [6, 6.07) is 28.5. The zero-order chi connectivity index (χ0) is 33.5. The van der Waals surface area contributed by atoms with Crippen LogP contribution >= 0.6 is 11.6 Å². The third kappa shape index (κ3) is 8.68. The van der Waals surface area contributed by atoms with Crippen molar-refractivity contribution in [3.63, 3.8) is 0 Å². The highest BCUT2D eigenvalue weighted by Crippen LogP contribution is 2.32. The van der Waals surface area contributed by atoms with E-state index in [1.807, 2.05) is 82.3 Å². The molecule has 4 aromatic carbocycles. The first-order chi connectivity index (χ1) is 21.8. The van der Waals surface area contributed by atoms with Gasteiger partial charge in [0.1, 0.15) is 18.3 Å². The predicted molar refractivity (Wildman–Crippen MR) is 183 cm³/mol. The van der Waals surface area contributed by atoms with Crippen LogP contribution in [0.15, 0.2) is 108 Å². The van der Waals surface area contributed by atoms with Crippen molar-refractivity contribution in [2.24, 2.45) is 0 Å². The minimum atomic E-state index is -4.25. The molecule has 0 spiro atoms. The van der Waals surface area contributed by atoms with Crippen molar-refractivity contribution in [2.45, 2.75) is 57.1 Å². The number of anilines is 1. The number of benzene rings is 4. The van der Waals surface area contributed by atoms with Gasteiger partial charge in [-0.2, -0.15) is 0 Å². The number of carbonyl (C=O) groups excluding carboxylic acids is 2. The fraction of sp³-hybridized carbons (Fsp3) is 0.278. The van der Waals surface area contributed by atoms with Crippen LogP contribution in [0.5, 0.6) is 5.75 Å². The molecule has 0 aliphatic rings. The van der Waals surface area contributed by atoms with Crippen LogP contribution in [-0.4, -0.2) is 50.4 Å². The van der Waals surface area contributed by atoms with Crippen molar-refractivity contribution in [1.29, 1.82) is 0 Å². The summed E-state index contributed by atoms with van der Waals surface area (Å²) in [5.41, 5.74) is 2.23. The SMILES string of the molecule is COc1ccc(N(CC(=O)N(Cc2ccccc2C)[C@@H](Cc2ccccc2)C(=O)NC(C)(C)C)S(=O)(=O)c2ccccc2)cc1Cl. The minimum absolute atomic E-state index is 0.00602. The summed E-state index contributed by atoms with van der Waals surface area (Å²) in [6.45, 7) is 7.06. The standard InChI is InChI=1S/C36H40ClN3O5S/c1-26-14-12-13-17-28(26)24-39(32(35(42)38-36(2,3)4)22-27-15-8-6-9-16-27)34(41)25-40(29-20-21-33(45-5)31(37)23-29)46(43,44)30-18-10-7-11-19-30/h6-21,23,32H,22,24-25H2,1-5H3,(H,38,42)/t32-/m0/s1. The number of carbonyl (C=O) groups is 2. The summed E-state index contributed by atoms with van der Waals surface area (Å²) in [7, 11) is -2.79. The molecule has 0 heterocycles. The Morgan fingerprint density at radius 2 is 1.50 bits per heavy atom. The Balaban J connectivity index is 1.84. The maximum Gasteiger partial charge on any atom is 0.264 e. The van der Waals surface area contributed by atoms with Crippen molar-refractivity contribution in [3.8, 4) is 5.75 Å². The molecule has 0 bridgehead atoms. The molecule has 2 amide bonds. The first-order valence-corrected chi connectivity index (χ1v) is 16.7. The monoisotopic (exact) mass is 661 g/mol. The number of sulfonamides is 1. The molecule has 1 N–H and O–H groups in total. The van der Waals surface area contributed by atoms with E-state index in [0.717, 1.165) is 21.0 Å². The summed E-state index contributed by atoms with van der Waals surface area (Å²) in [5, 5.41) is 3.22. The summed E-state index contributed by atoms with van der Waals surface area (Å²) in [6.07, 6.45) is 0.222. The number of nitrogens with one attached hydrogen (secondary N) is 1. The number of hydrogen-bond donors (Lipinski definition) is 1. The van der Waals surface area contributed by atoms with E-state index < -0.39 is 34.1 Å². The molecule has 0 radical (unpaired) electrons. The number of amides is 2. The number of halogens is 1. The molecule has 46 heavy (non-hydrogen) atoms. The first-order valence-electron chi connectivity index (χ1n) is 14.9. The van der Waals surface area contributed by atoms with Crippen LogP contribution in [-0.2, 0) is 32.6 Å². The second-order valence-electron chi connectivity index (χ2n) is 12.0. The Bertz CT molecular complexity index is 1760. The molecule has 10 heteroatoms. The number of hydrogen-bond acceptors (Lipinski definition) is 5. The van der Waals surface area contributed by atoms with Gasteiger partial charge in [-0.15, -0.1) is 0 Å². The van der Waals surface area contributed by atoms with E-state index in [1.54, 1.807) is 24.3 Å². The molecular weight excluding hydrogens is 622 g/mol. The van der Waals surface area contributed by atoms with Crippen molar-refractivity contribution in [3.05, 3.63) is 125 Å². The summed E-state index contributed by atoms with van der Waals surface area (Å²) in [4.78, 5) is 30.1. The lowest BCUT2D eigenvalue weighted by Crippen LogP contribution is -2.56. The van der Waals surface area contributed by atoms with Crippen LogP contribution in [0.2, 0.25) is 5.02 Å². The zero-order valence-corrected chi connectivity index (χ0v) is 28.3. The molecular formula is C36H40ClN3O5S. The van der Waals surface area contributed by atoms with Crippen molar-refractivity contribution < 1.29 is 22.7 Å². The number of methoxy groups -OCH3 is 1. The Kier molecular flexibility index (Phi) is 11.1. The smallest absolute Gasteiger partial charge is 0.264 e. The Hall–Kier alpha value is -4.34. The quantitative estimate of drug-likeness (QED) is 0.189. The van der Waals surface area contributed by atoms with Gasteiger partial charge in [-0.25, -0.2) is 8.42 Å². The Morgan fingerprint density at radius 1 is 0.891 bits per heavy atom. The summed E-state index contributed by atoms with van der Waals surface area (Å²) in [5.74, 6) is -0.542. The number of rotatable bonds is 12. The van der Waals surface area contributed by atoms with Gasteiger partial charge in [0.15, 0.2) is 0 Å². The van der Waals surface area contributed by atoms with Crippen molar-refractivity contribution >= 4 is 39.1 Å². The lowest BCUT2D eigenvalue weighted by molar-refractivity contribution is -0.140. The van der Waals surface area contributed by atoms with E-state index >= 15 is 0 Å². The van der Waals surface area contributed by atoms with Gasteiger partial charge in [0.05, 0.1) is 22.7 Å². The highest BCUT2D eigenvalue weighted by molar-refractivity contribution is 7.92. The van der Waals surface area contributed by atoms with E-state index in [0.29, 0.717) is 5.75 Å². The van der Waals surface area contributed by atoms with Gasteiger partial charge < -0.3 is 15.0 Å². The molecule has 242 valence electrons. The molecule has 0 aromatic heterocycles. The van der Waals surface area contributed by atoms with Crippen LogP contribution in [0.3, 0.4) is 0 Å². The average Bonchev–Trinajstić information content (AvgIpc) is 3.02. The van der Waals surface area contributed by atoms with Crippen LogP contribution in [0.4, 0.5) is 5.69 Å². The Labute approximate surface area is 277 Å². The topological polar surface area (TPSA) is 96.0 Å². The highest BCUT2D eigenvalue weighted by atomic mass is 35.5. The molecule has 0 saturated carbocycles. The molecule has 0 unspecified atom stereocenters. The summed E-state index contributed by atoms with van der Waals surface area (Å²) < 4.78 is 34.6. The average molecular weight is 662 g/mol. The van der Waals surface area contributed by atoms with Gasteiger partial charge in [-0.1, -0.05) is 84.4 Å². The zero-order valence-electron chi connectivity index (χ0n) is 26.7. The molecule has 8 nitrogen and oxygen atoms in total. The number of nitrogens with zero attached hydrogens (tertiary/aromatic N) is 2. The molecule has 0 fully saturated rings. The molecule has 0 aliphatic carbocycles. The van der Waals surface area contributed by atoms with E-state index in [4.69, 9.17) is 16.3 Å². The van der Waals surface area contributed by atoms with Crippen LogP contribution < -0.4 is 14.4 Å². The van der Waals surface area contributed by atoms with E-state index in [1.165, 1.54) is 36.3 Å². The summed E-state index contributed by atoms with van der Waals surface area (Å²) >= 11 is 6.44. The van der Waals surface area contributed by atoms with Gasteiger partial charge in [-0.3, -0.25) is 13.9 Å². The van der Waals surface area contributed by atoms with Gasteiger partial charge in [0, 0.05) is 18.5 Å². The fourth-order valence-corrected chi connectivity index (χ4v) is 6.72. The van der Waals surface area contributed by atoms with E-state index in [2.05, 4.69) is 5.32 Å². The van der Waals surface area contributed by atoms with Gasteiger partial charge >= 0.3 is 0 Å². The van der Waals surface area contributed by atoms with Crippen molar-refractivity contribution in [1.82, 2.24) is 10.2 Å². The maximum absolute atomic E-state index is 14.6. The van der Waals surface area contributed by atoms with Gasteiger partial charge in [0.25, 0.3) is 10.0 Å². The van der Waals surface area contributed by atoms with Crippen LogP contribution in [0.25, 0.3) is 0 Å². The van der Waals surface area contributed by atoms with Gasteiger partial charge in [0.2, 0.25) is 11.8 Å². The first kappa shape index (κ1) is 34.5. The Morgan fingerprint density at radius 3 is 2.09 bits per heavy atom. The minimum Gasteiger partial charge on any atom is -0.495 e. The van der Waals surface area contributed by atoms with E-state index in [9.17, 15) is 18.0 Å². The number of ether oxygens (including phenoxy) is 1. The molecule has 0 aliphatic heterocycles. The lowest BCUT2D eigenvalue weighted by atomic mass is 10.00. The highest BCUT2D eigenvalue weighted by Gasteiger charge is 2.36. The molecule has 0 saturated heterocycles. The van der Waals surface area contributed by atoms with Crippen LogP contribution in [0.1, 0.15) is 37.5 Å². The lowest BCUT2D eigenvalue weighted by Gasteiger charge is -2.35. The molecule has 4 rings (SSSR count). The number of aryl methyl sites for hydroxylation is 1. The molecule has 1 atom stereocenters. The third-order valence-corrected chi connectivity index (χ3v) is 9.49. The second-order valence-corrected chi connectivity index (χ2v) is 14.3. The predicted octanol–water partition coefficient (Wildman–Crippen LogP) is 6.41. The van der Waals surface area contributed by atoms with Gasteiger partial charge in [-0.05, 0) is 74.7 Å². The van der Waals surface area contributed by atoms with Crippen LogP contribution in [0, 0.1) is 6.92 Å². The molecule has 4 aromatic rings. The largest absolute Gasteiger partial charge is 0.495 e.